The normalized spacial score (nSPS) is 17.5. The van der Waals surface area contributed by atoms with Gasteiger partial charge in [-0.1, -0.05) is 0 Å². The van der Waals surface area contributed by atoms with Crippen LogP contribution in [0.25, 0.3) is 0 Å². The summed E-state index contributed by atoms with van der Waals surface area (Å²) < 4.78 is 0. The Kier molecular flexibility index (Phi) is 2.70. The molecule has 0 aromatic carbocycles. The lowest BCUT2D eigenvalue weighted by molar-refractivity contribution is 0.132. The minimum atomic E-state index is -0.806. The molecular formula is C7H14N2O2. The molecule has 0 spiro atoms. The number of amides is 1. The van der Waals surface area contributed by atoms with Gasteiger partial charge in [-0.25, -0.2) is 4.79 Å². The van der Waals surface area contributed by atoms with Crippen molar-refractivity contribution in [1.82, 2.24) is 10.2 Å². The molecule has 0 atom stereocenters. The molecule has 0 saturated carbocycles. The lowest BCUT2D eigenvalue weighted by Gasteiger charge is -2.31. The SMILES string of the molecule is CCN(CC1CNC1)C(=O)O. The summed E-state index contributed by atoms with van der Waals surface area (Å²) in [7, 11) is 0. The van der Waals surface area contributed by atoms with E-state index >= 15 is 0 Å². The topological polar surface area (TPSA) is 52.6 Å². The van der Waals surface area contributed by atoms with Gasteiger partial charge >= 0.3 is 6.09 Å². The quantitative estimate of drug-likeness (QED) is 0.617. The summed E-state index contributed by atoms with van der Waals surface area (Å²) in [5.41, 5.74) is 0. The van der Waals surface area contributed by atoms with Crippen LogP contribution in [0.2, 0.25) is 0 Å². The smallest absolute Gasteiger partial charge is 0.407 e. The second kappa shape index (κ2) is 3.57. The van der Waals surface area contributed by atoms with Gasteiger partial charge in [-0.2, -0.15) is 0 Å². The highest BCUT2D eigenvalue weighted by Crippen LogP contribution is 2.05. The van der Waals surface area contributed by atoms with Gasteiger partial charge in [-0.05, 0) is 6.92 Å². The third kappa shape index (κ3) is 2.08. The number of carboxylic acid groups (broad SMARTS) is 1. The fourth-order valence-electron chi connectivity index (χ4n) is 1.13. The molecule has 11 heavy (non-hydrogen) atoms. The molecule has 0 aromatic rings. The van der Waals surface area contributed by atoms with E-state index < -0.39 is 6.09 Å². The number of carbonyl (C=O) groups is 1. The largest absolute Gasteiger partial charge is 0.465 e. The maximum Gasteiger partial charge on any atom is 0.407 e. The van der Waals surface area contributed by atoms with Crippen molar-refractivity contribution in [2.75, 3.05) is 26.2 Å². The predicted octanol–water partition coefficient (Wildman–Crippen LogP) is 0.206. The summed E-state index contributed by atoms with van der Waals surface area (Å²) >= 11 is 0. The molecule has 0 unspecified atom stereocenters. The molecule has 1 saturated heterocycles. The molecule has 1 rings (SSSR count). The number of hydrogen-bond acceptors (Lipinski definition) is 2. The zero-order valence-electron chi connectivity index (χ0n) is 6.71. The molecule has 1 fully saturated rings. The van der Waals surface area contributed by atoms with Gasteiger partial charge in [-0.3, -0.25) is 0 Å². The van der Waals surface area contributed by atoms with Crippen molar-refractivity contribution >= 4 is 6.09 Å². The molecule has 1 heterocycles. The lowest BCUT2D eigenvalue weighted by Crippen LogP contribution is -2.49. The van der Waals surface area contributed by atoms with E-state index in [0.29, 0.717) is 19.0 Å². The average Bonchev–Trinajstić information content (AvgIpc) is 1.85. The van der Waals surface area contributed by atoms with Crippen LogP contribution in [0.5, 0.6) is 0 Å². The Balaban J connectivity index is 2.24. The second-order valence-corrected chi connectivity index (χ2v) is 2.85. The van der Waals surface area contributed by atoms with E-state index in [9.17, 15) is 4.79 Å². The molecule has 1 aliphatic rings. The molecule has 2 N–H and O–H groups in total. The van der Waals surface area contributed by atoms with Crippen LogP contribution in [0, 0.1) is 5.92 Å². The van der Waals surface area contributed by atoms with Crippen LogP contribution < -0.4 is 5.32 Å². The van der Waals surface area contributed by atoms with Crippen LogP contribution in [0.3, 0.4) is 0 Å². The third-order valence-corrected chi connectivity index (χ3v) is 2.00. The predicted molar refractivity (Wildman–Crippen MR) is 41.6 cm³/mol. The average molecular weight is 158 g/mol. The van der Waals surface area contributed by atoms with Crippen LogP contribution in [0.15, 0.2) is 0 Å². The molecule has 0 aromatic heterocycles. The summed E-state index contributed by atoms with van der Waals surface area (Å²) in [6.07, 6.45) is -0.806. The zero-order valence-corrected chi connectivity index (χ0v) is 6.71. The van der Waals surface area contributed by atoms with Gasteiger partial charge in [0, 0.05) is 32.1 Å². The van der Waals surface area contributed by atoms with Gasteiger partial charge in [0.2, 0.25) is 0 Å². The maximum atomic E-state index is 10.5. The second-order valence-electron chi connectivity index (χ2n) is 2.85. The van der Waals surface area contributed by atoms with Crippen molar-refractivity contribution in [1.29, 1.82) is 0 Å². The van der Waals surface area contributed by atoms with E-state index in [-0.39, 0.29) is 0 Å². The Bertz CT molecular complexity index is 145. The molecule has 1 aliphatic heterocycles. The van der Waals surface area contributed by atoms with Crippen molar-refractivity contribution in [3.63, 3.8) is 0 Å². The Morgan fingerprint density at radius 1 is 1.73 bits per heavy atom. The van der Waals surface area contributed by atoms with E-state index in [0.717, 1.165) is 13.1 Å². The minimum absolute atomic E-state index is 0.533. The van der Waals surface area contributed by atoms with Crippen molar-refractivity contribution < 1.29 is 9.90 Å². The summed E-state index contributed by atoms with van der Waals surface area (Å²) in [5.74, 6) is 0.533. The minimum Gasteiger partial charge on any atom is -0.465 e. The molecule has 0 aliphatic carbocycles. The molecule has 0 bridgehead atoms. The summed E-state index contributed by atoms with van der Waals surface area (Å²) in [6, 6.07) is 0. The zero-order chi connectivity index (χ0) is 8.27. The van der Waals surface area contributed by atoms with E-state index in [1.54, 1.807) is 0 Å². The van der Waals surface area contributed by atoms with Gasteiger partial charge in [0.15, 0.2) is 0 Å². The van der Waals surface area contributed by atoms with Gasteiger partial charge in [0.05, 0.1) is 0 Å². The van der Waals surface area contributed by atoms with Crippen molar-refractivity contribution in [3.05, 3.63) is 0 Å². The van der Waals surface area contributed by atoms with E-state index in [1.807, 2.05) is 6.92 Å². The molecular weight excluding hydrogens is 144 g/mol. The first-order valence-corrected chi connectivity index (χ1v) is 3.92. The van der Waals surface area contributed by atoms with Crippen LogP contribution in [0.4, 0.5) is 4.79 Å². The third-order valence-electron chi connectivity index (χ3n) is 2.00. The first-order valence-electron chi connectivity index (χ1n) is 3.92. The Morgan fingerprint density at radius 3 is 2.64 bits per heavy atom. The summed E-state index contributed by atoms with van der Waals surface area (Å²) in [5, 5.41) is 11.8. The standard InChI is InChI=1S/C7H14N2O2/c1-2-9(7(10)11)5-6-3-8-4-6/h6,8H,2-5H2,1H3,(H,10,11). The fraction of sp³-hybridized carbons (Fsp3) is 0.857. The van der Waals surface area contributed by atoms with Gasteiger partial charge in [0.1, 0.15) is 0 Å². The van der Waals surface area contributed by atoms with Crippen LogP contribution >= 0.6 is 0 Å². The molecule has 4 nitrogen and oxygen atoms in total. The van der Waals surface area contributed by atoms with Gasteiger partial charge in [-0.15, -0.1) is 0 Å². The highest BCUT2D eigenvalue weighted by molar-refractivity contribution is 5.64. The molecule has 64 valence electrons. The van der Waals surface area contributed by atoms with Crippen molar-refractivity contribution in [3.8, 4) is 0 Å². The highest BCUT2D eigenvalue weighted by Gasteiger charge is 2.21. The number of nitrogens with zero attached hydrogens (tertiary/aromatic N) is 1. The fourth-order valence-corrected chi connectivity index (χ4v) is 1.13. The van der Waals surface area contributed by atoms with Gasteiger partial charge < -0.3 is 15.3 Å². The van der Waals surface area contributed by atoms with E-state index in [1.165, 1.54) is 4.90 Å². The van der Waals surface area contributed by atoms with Crippen LogP contribution in [-0.2, 0) is 0 Å². The summed E-state index contributed by atoms with van der Waals surface area (Å²) in [6.45, 7) is 5.05. The first-order chi connectivity index (χ1) is 5.24. The van der Waals surface area contributed by atoms with E-state index in [4.69, 9.17) is 5.11 Å². The van der Waals surface area contributed by atoms with Crippen molar-refractivity contribution in [2.24, 2.45) is 5.92 Å². The van der Waals surface area contributed by atoms with Crippen LogP contribution in [0.1, 0.15) is 6.92 Å². The van der Waals surface area contributed by atoms with Crippen molar-refractivity contribution in [2.45, 2.75) is 6.92 Å². The lowest BCUT2D eigenvalue weighted by atomic mass is 10.0. The van der Waals surface area contributed by atoms with Gasteiger partial charge in [0.25, 0.3) is 0 Å². The Morgan fingerprint density at radius 2 is 2.36 bits per heavy atom. The summed E-state index contributed by atoms with van der Waals surface area (Å²) in [4.78, 5) is 12.0. The Hall–Kier alpha value is -0.770. The first kappa shape index (κ1) is 8.33. The number of hydrogen-bond donors (Lipinski definition) is 2. The molecule has 1 amide bonds. The maximum absolute atomic E-state index is 10.5. The highest BCUT2D eigenvalue weighted by atomic mass is 16.4. The number of rotatable bonds is 3. The van der Waals surface area contributed by atoms with Crippen LogP contribution in [-0.4, -0.2) is 42.3 Å². The van der Waals surface area contributed by atoms with E-state index in [2.05, 4.69) is 5.32 Å². The number of nitrogens with one attached hydrogen (secondary N) is 1. The Labute approximate surface area is 66.2 Å². The molecule has 0 radical (unpaired) electrons. The monoisotopic (exact) mass is 158 g/mol. The molecule has 4 heteroatoms.